The predicted molar refractivity (Wildman–Crippen MR) is 71.7 cm³/mol. The highest BCUT2D eigenvalue weighted by molar-refractivity contribution is 5.96. The first-order chi connectivity index (χ1) is 9.71. The van der Waals surface area contributed by atoms with Crippen molar-refractivity contribution in [1.29, 1.82) is 0 Å². The number of ether oxygens (including phenoxy) is 1. The first-order valence-electron chi connectivity index (χ1n) is 6.63. The molecule has 0 radical (unpaired) electrons. The van der Waals surface area contributed by atoms with Crippen LogP contribution in [0.3, 0.4) is 0 Å². The zero-order valence-electron chi connectivity index (χ0n) is 11.5. The summed E-state index contributed by atoms with van der Waals surface area (Å²) < 4.78 is 40.3. The molecule has 0 saturated heterocycles. The lowest BCUT2D eigenvalue weighted by Gasteiger charge is -2.27. The second-order valence-corrected chi connectivity index (χ2v) is 5.45. The van der Waals surface area contributed by atoms with E-state index in [1.807, 2.05) is 0 Å². The fourth-order valence-corrected chi connectivity index (χ4v) is 2.52. The molecule has 1 aromatic rings. The van der Waals surface area contributed by atoms with Crippen molar-refractivity contribution in [2.24, 2.45) is 11.1 Å². The van der Waals surface area contributed by atoms with E-state index in [-0.39, 0.29) is 23.4 Å². The number of nitrogens with two attached hydrogens (primary N) is 1. The summed E-state index contributed by atoms with van der Waals surface area (Å²) in [5, 5.41) is 2.61. The van der Waals surface area contributed by atoms with E-state index in [1.54, 1.807) is 6.92 Å². The molecule has 1 aliphatic carbocycles. The third kappa shape index (κ3) is 3.66. The van der Waals surface area contributed by atoms with Crippen LogP contribution in [0.1, 0.15) is 26.2 Å². The Hall–Kier alpha value is -1.76. The van der Waals surface area contributed by atoms with E-state index in [1.165, 1.54) is 18.2 Å². The Kier molecular flexibility index (Phi) is 4.13. The number of anilines is 1. The van der Waals surface area contributed by atoms with Gasteiger partial charge in [0.25, 0.3) is 0 Å². The first-order valence-corrected chi connectivity index (χ1v) is 6.63. The highest BCUT2D eigenvalue weighted by Gasteiger charge is 2.43. The third-order valence-corrected chi connectivity index (χ3v) is 3.87. The Morgan fingerprint density at radius 3 is 2.76 bits per heavy atom. The molecule has 2 atom stereocenters. The Labute approximate surface area is 120 Å². The second-order valence-electron chi connectivity index (χ2n) is 5.45. The van der Waals surface area contributed by atoms with Crippen molar-refractivity contribution in [3.05, 3.63) is 24.3 Å². The number of hydrogen-bond acceptors (Lipinski definition) is 3. The smallest absolute Gasteiger partial charge is 0.406 e. The topological polar surface area (TPSA) is 64.3 Å². The van der Waals surface area contributed by atoms with Crippen LogP contribution in [0.4, 0.5) is 18.9 Å². The summed E-state index contributed by atoms with van der Waals surface area (Å²) in [7, 11) is 0. The number of carbonyl (C=O) groups excluding carboxylic acids is 1. The lowest BCUT2D eigenvalue weighted by atomic mass is 9.84. The van der Waals surface area contributed by atoms with Gasteiger partial charge in [0, 0.05) is 17.8 Å². The molecule has 4 nitrogen and oxygen atoms in total. The monoisotopic (exact) mass is 302 g/mol. The number of alkyl halides is 3. The van der Waals surface area contributed by atoms with Gasteiger partial charge in [-0.15, -0.1) is 13.2 Å². The maximum Gasteiger partial charge on any atom is 0.573 e. The number of nitrogens with one attached hydrogen (secondary N) is 1. The van der Waals surface area contributed by atoms with Gasteiger partial charge < -0.3 is 15.8 Å². The van der Waals surface area contributed by atoms with Gasteiger partial charge in [-0.2, -0.15) is 0 Å². The van der Waals surface area contributed by atoms with E-state index in [0.717, 1.165) is 18.9 Å². The average molecular weight is 302 g/mol. The maximum absolute atomic E-state index is 12.3. The van der Waals surface area contributed by atoms with Crippen molar-refractivity contribution in [3.8, 4) is 5.75 Å². The van der Waals surface area contributed by atoms with Crippen molar-refractivity contribution in [2.75, 3.05) is 5.32 Å². The van der Waals surface area contributed by atoms with Crippen LogP contribution >= 0.6 is 0 Å². The average Bonchev–Trinajstić information content (AvgIpc) is 2.69. The summed E-state index contributed by atoms with van der Waals surface area (Å²) >= 11 is 0. The van der Waals surface area contributed by atoms with Gasteiger partial charge in [0.1, 0.15) is 5.75 Å². The van der Waals surface area contributed by atoms with Gasteiger partial charge in [-0.05, 0) is 31.9 Å². The van der Waals surface area contributed by atoms with Crippen molar-refractivity contribution < 1.29 is 22.7 Å². The summed E-state index contributed by atoms with van der Waals surface area (Å²) in [5.41, 5.74) is 5.51. The molecule has 7 heteroatoms. The third-order valence-electron chi connectivity index (χ3n) is 3.87. The summed E-state index contributed by atoms with van der Waals surface area (Å²) in [4.78, 5) is 12.3. The predicted octanol–water partition coefficient (Wildman–Crippen LogP) is 3.04. The minimum absolute atomic E-state index is 0.243. The molecule has 3 N–H and O–H groups in total. The molecule has 0 heterocycles. The van der Waals surface area contributed by atoms with Crippen LogP contribution in [0.15, 0.2) is 24.3 Å². The van der Waals surface area contributed by atoms with Crippen molar-refractivity contribution in [1.82, 2.24) is 0 Å². The van der Waals surface area contributed by atoms with Crippen molar-refractivity contribution in [3.63, 3.8) is 0 Å². The van der Waals surface area contributed by atoms with E-state index < -0.39 is 11.8 Å². The molecule has 21 heavy (non-hydrogen) atoms. The largest absolute Gasteiger partial charge is 0.573 e. The molecular formula is C14H17F3N2O2. The molecule has 0 bridgehead atoms. The highest BCUT2D eigenvalue weighted by atomic mass is 19.4. The van der Waals surface area contributed by atoms with Crippen LogP contribution in [-0.2, 0) is 4.79 Å². The van der Waals surface area contributed by atoms with Gasteiger partial charge in [0.15, 0.2) is 0 Å². The number of halogens is 3. The summed E-state index contributed by atoms with van der Waals surface area (Å²) in [6.45, 7) is 1.77. The molecule has 1 amide bonds. The molecule has 1 fully saturated rings. The number of benzene rings is 1. The number of carbonyl (C=O) groups is 1. The van der Waals surface area contributed by atoms with E-state index in [0.29, 0.717) is 6.42 Å². The molecule has 0 aromatic heterocycles. The van der Waals surface area contributed by atoms with E-state index >= 15 is 0 Å². The molecule has 0 spiro atoms. The zero-order chi connectivity index (χ0) is 15.7. The van der Waals surface area contributed by atoms with Gasteiger partial charge in [-0.3, -0.25) is 4.79 Å². The van der Waals surface area contributed by atoms with Gasteiger partial charge in [-0.1, -0.05) is 12.5 Å². The van der Waals surface area contributed by atoms with Crippen LogP contribution in [0.5, 0.6) is 5.75 Å². The van der Waals surface area contributed by atoms with Gasteiger partial charge >= 0.3 is 6.36 Å². The molecule has 1 aliphatic rings. The normalized spacial score (nSPS) is 25.7. The Morgan fingerprint density at radius 2 is 2.19 bits per heavy atom. The summed E-state index contributed by atoms with van der Waals surface area (Å²) in [6, 6.07) is 4.95. The van der Waals surface area contributed by atoms with E-state index in [4.69, 9.17) is 5.73 Å². The molecular weight excluding hydrogens is 285 g/mol. The lowest BCUT2D eigenvalue weighted by molar-refractivity contribution is -0.274. The fraction of sp³-hybridized carbons (Fsp3) is 0.500. The van der Waals surface area contributed by atoms with Gasteiger partial charge in [0.2, 0.25) is 5.91 Å². The maximum atomic E-state index is 12.3. The minimum atomic E-state index is -4.76. The van der Waals surface area contributed by atoms with Crippen LogP contribution in [0.25, 0.3) is 0 Å². The van der Waals surface area contributed by atoms with E-state index in [9.17, 15) is 18.0 Å². The lowest BCUT2D eigenvalue weighted by Crippen LogP contribution is -2.44. The van der Waals surface area contributed by atoms with Gasteiger partial charge in [-0.25, -0.2) is 0 Å². The number of hydrogen-bond donors (Lipinski definition) is 2. The molecule has 1 aromatic carbocycles. The Balaban J connectivity index is 2.09. The van der Waals surface area contributed by atoms with Gasteiger partial charge in [0.05, 0.1) is 5.41 Å². The van der Waals surface area contributed by atoms with Crippen molar-refractivity contribution >= 4 is 11.6 Å². The first kappa shape index (κ1) is 15.6. The highest BCUT2D eigenvalue weighted by Crippen LogP contribution is 2.38. The van der Waals surface area contributed by atoms with E-state index in [2.05, 4.69) is 10.1 Å². The van der Waals surface area contributed by atoms with Crippen LogP contribution in [0, 0.1) is 5.41 Å². The quantitative estimate of drug-likeness (QED) is 0.902. The Bertz CT molecular complexity index is 533. The van der Waals surface area contributed by atoms with Crippen molar-refractivity contribution in [2.45, 2.75) is 38.6 Å². The molecule has 0 aliphatic heterocycles. The number of rotatable bonds is 3. The number of amides is 1. The standard InChI is InChI=1S/C14H17F3N2O2/c1-13(7-3-6-11(13)18)12(20)19-9-4-2-5-10(8-9)21-14(15,16)17/h2,4-5,8,11H,3,6-7,18H2,1H3,(H,19,20). The zero-order valence-corrected chi connectivity index (χ0v) is 11.5. The second kappa shape index (κ2) is 5.55. The van der Waals surface area contributed by atoms with Crippen LogP contribution in [-0.4, -0.2) is 18.3 Å². The molecule has 2 rings (SSSR count). The fourth-order valence-electron chi connectivity index (χ4n) is 2.52. The minimum Gasteiger partial charge on any atom is -0.406 e. The summed E-state index contributed by atoms with van der Waals surface area (Å²) in [6.07, 6.45) is -2.47. The molecule has 2 unspecified atom stereocenters. The van der Waals surface area contributed by atoms with Crippen LogP contribution in [0.2, 0.25) is 0 Å². The van der Waals surface area contributed by atoms with Crippen LogP contribution < -0.4 is 15.8 Å². The SMILES string of the molecule is CC1(C(=O)Nc2cccc(OC(F)(F)F)c2)CCCC1N. The summed E-state index contributed by atoms with van der Waals surface area (Å²) in [5.74, 6) is -0.655. The molecule has 116 valence electrons. The Morgan fingerprint density at radius 1 is 1.48 bits per heavy atom. The molecule has 1 saturated carbocycles.